The molecule has 0 radical (unpaired) electrons. The molecule has 3 aromatic rings. The van der Waals surface area contributed by atoms with Gasteiger partial charge in [-0.2, -0.15) is 5.16 Å². The van der Waals surface area contributed by atoms with Gasteiger partial charge in [0.05, 0.1) is 12.2 Å². The Morgan fingerprint density at radius 3 is 2.58 bits per heavy atom. The predicted octanol–water partition coefficient (Wildman–Crippen LogP) is 3.67. The lowest BCUT2D eigenvalue weighted by atomic mass is 10.1. The molecule has 0 aliphatic carbocycles. The Kier molecular flexibility index (Phi) is 5.01. The normalized spacial score (nSPS) is 11.0. The molecule has 0 unspecified atom stereocenters. The molecule has 1 N–H and O–H groups in total. The molecule has 0 saturated heterocycles. The van der Waals surface area contributed by atoms with Crippen LogP contribution in [0.3, 0.4) is 0 Å². The average Bonchev–Trinajstić information content (AvgIpc) is 2.99. The van der Waals surface area contributed by atoms with Gasteiger partial charge in [0.25, 0.3) is 5.56 Å². The monoisotopic (exact) mass is 362 g/mol. The first-order chi connectivity index (χ1) is 12.4. The maximum Gasteiger partial charge on any atom is 0.280 e. The summed E-state index contributed by atoms with van der Waals surface area (Å²) in [5.74, 6) is -1.94. The Balaban J connectivity index is 1.89. The summed E-state index contributed by atoms with van der Waals surface area (Å²) in [5.41, 5.74) is 0.264. The highest BCUT2D eigenvalue weighted by Gasteiger charge is 2.17. The summed E-state index contributed by atoms with van der Waals surface area (Å²) in [7, 11) is 0. The van der Waals surface area contributed by atoms with Crippen molar-refractivity contribution in [3.63, 3.8) is 0 Å². The van der Waals surface area contributed by atoms with Gasteiger partial charge in [0.2, 0.25) is 5.88 Å². The van der Waals surface area contributed by atoms with E-state index >= 15 is 0 Å². The number of ether oxygens (including phenoxy) is 2. The summed E-state index contributed by atoms with van der Waals surface area (Å²) < 4.78 is 44.2. The molecule has 136 valence electrons. The van der Waals surface area contributed by atoms with Crippen molar-refractivity contribution < 1.29 is 22.8 Å². The lowest BCUT2D eigenvalue weighted by Crippen LogP contribution is -2.08. The third-order valence-corrected chi connectivity index (χ3v) is 3.36. The molecule has 3 rings (SSSR count). The Morgan fingerprint density at radius 2 is 1.96 bits per heavy atom. The van der Waals surface area contributed by atoms with Crippen LogP contribution in [-0.2, 0) is 6.61 Å². The molecule has 0 aliphatic heterocycles. The van der Waals surface area contributed by atoms with E-state index in [1.54, 1.807) is 12.1 Å². The topological polar surface area (TPSA) is 77.4 Å². The Labute approximate surface area is 147 Å². The molecule has 8 heteroatoms. The summed E-state index contributed by atoms with van der Waals surface area (Å²) in [6, 6.07) is 6.71. The van der Waals surface area contributed by atoms with Crippen molar-refractivity contribution in [2.75, 3.05) is 0 Å². The smallest absolute Gasteiger partial charge is 0.280 e. The van der Waals surface area contributed by atoms with Crippen LogP contribution < -0.4 is 15.0 Å². The van der Waals surface area contributed by atoms with Gasteiger partial charge in [-0.1, -0.05) is 0 Å². The van der Waals surface area contributed by atoms with Crippen LogP contribution in [0.4, 0.5) is 8.78 Å². The third kappa shape index (κ3) is 3.90. The number of hydrogen-bond acceptors (Lipinski definition) is 5. The number of hydrogen-bond donors (Lipinski definition) is 1. The Hall–Kier alpha value is -3.16. The number of halogens is 2. The van der Waals surface area contributed by atoms with Crippen molar-refractivity contribution >= 4 is 0 Å². The van der Waals surface area contributed by atoms with Gasteiger partial charge >= 0.3 is 0 Å². The summed E-state index contributed by atoms with van der Waals surface area (Å²) >= 11 is 0. The molecule has 6 nitrogen and oxygen atoms in total. The van der Waals surface area contributed by atoms with E-state index in [4.69, 9.17) is 14.0 Å². The van der Waals surface area contributed by atoms with Crippen molar-refractivity contribution in [1.29, 1.82) is 0 Å². The van der Waals surface area contributed by atoms with E-state index < -0.39 is 22.9 Å². The molecule has 0 saturated carbocycles. The highest BCUT2D eigenvalue weighted by Crippen LogP contribution is 2.33. The molecule has 0 bridgehead atoms. The number of benzene rings is 1. The first kappa shape index (κ1) is 17.7. The maximum atomic E-state index is 14.4. The highest BCUT2D eigenvalue weighted by atomic mass is 19.1. The van der Waals surface area contributed by atoms with E-state index in [0.29, 0.717) is 5.56 Å². The number of nitrogens with one attached hydrogen (secondary N) is 1. The number of rotatable bonds is 6. The van der Waals surface area contributed by atoms with Crippen LogP contribution in [0.5, 0.6) is 11.6 Å². The lowest BCUT2D eigenvalue weighted by molar-refractivity contribution is 0.230. The standard InChI is InChI=1S/C18H16F2N2O4/c1-10(2)25-18-13(4-3-5-21-18)11-6-14(19)17(15(20)7-11)24-9-12-8-16(23)22-26-12/h3-8,10H,9H2,1-2H3,(H,22,23). The van der Waals surface area contributed by atoms with Gasteiger partial charge < -0.3 is 14.0 Å². The van der Waals surface area contributed by atoms with E-state index in [9.17, 15) is 13.6 Å². The largest absolute Gasteiger partial charge is 0.479 e. The number of aromatic amines is 1. The number of nitrogens with zero attached hydrogens (tertiary/aromatic N) is 1. The van der Waals surface area contributed by atoms with Crippen LogP contribution in [0.25, 0.3) is 11.1 Å². The fraction of sp³-hybridized carbons (Fsp3) is 0.222. The van der Waals surface area contributed by atoms with Crippen molar-refractivity contribution in [3.05, 3.63) is 64.3 Å². The molecule has 0 amide bonds. The molecule has 2 heterocycles. The van der Waals surface area contributed by atoms with E-state index in [2.05, 4.69) is 10.1 Å². The van der Waals surface area contributed by atoms with E-state index in [1.165, 1.54) is 6.20 Å². The minimum Gasteiger partial charge on any atom is -0.479 e. The zero-order valence-corrected chi connectivity index (χ0v) is 14.1. The van der Waals surface area contributed by atoms with Gasteiger partial charge in [-0.25, -0.2) is 13.8 Å². The summed E-state index contributed by atoms with van der Waals surface area (Å²) in [5, 5.41) is 2.07. The molecule has 26 heavy (non-hydrogen) atoms. The van der Waals surface area contributed by atoms with Crippen LogP contribution in [-0.4, -0.2) is 16.2 Å². The van der Waals surface area contributed by atoms with E-state index in [0.717, 1.165) is 18.2 Å². The fourth-order valence-electron chi connectivity index (χ4n) is 2.32. The zero-order chi connectivity index (χ0) is 18.7. The summed E-state index contributed by atoms with van der Waals surface area (Å²) in [6.45, 7) is 3.37. The van der Waals surface area contributed by atoms with E-state index in [-0.39, 0.29) is 29.9 Å². The van der Waals surface area contributed by atoms with Gasteiger partial charge in [-0.15, -0.1) is 0 Å². The molecule has 0 aliphatic rings. The molecule has 1 aromatic carbocycles. The Bertz CT molecular complexity index is 943. The molecule has 0 atom stereocenters. The van der Waals surface area contributed by atoms with Gasteiger partial charge in [-0.05, 0) is 43.7 Å². The molecular formula is C18H16F2N2O4. The predicted molar refractivity (Wildman–Crippen MR) is 89.0 cm³/mol. The zero-order valence-electron chi connectivity index (χ0n) is 14.1. The maximum absolute atomic E-state index is 14.4. The van der Waals surface area contributed by atoms with Gasteiger partial charge in [0.15, 0.2) is 23.1 Å². The van der Waals surface area contributed by atoms with Gasteiger partial charge in [0, 0.05) is 11.8 Å². The van der Waals surface area contributed by atoms with Crippen molar-refractivity contribution in [2.45, 2.75) is 26.6 Å². The SMILES string of the molecule is CC(C)Oc1ncccc1-c1cc(F)c(OCc2cc(=O)[nH]o2)c(F)c1. The van der Waals surface area contributed by atoms with Crippen LogP contribution in [0.2, 0.25) is 0 Å². The summed E-state index contributed by atoms with van der Waals surface area (Å²) in [4.78, 5) is 15.1. The Morgan fingerprint density at radius 1 is 1.23 bits per heavy atom. The van der Waals surface area contributed by atoms with Crippen molar-refractivity contribution in [1.82, 2.24) is 10.1 Å². The van der Waals surface area contributed by atoms with Crippen LogP contribution >= 0.6 is 0 Å². The van der Waals surface area contributed by atoms with Crippen molar-refractivity contribution in [3.8, 4) is 22.8 Å². The third-order valence-electron chi connectivity index (χ3n) is 3.36. The quantitative estimate of drug-likeness (QED) is 0.724. The fourth-order valence-corrected chi connectivity index (χ4v) is 2.32. The average molecular weight is 362 g/mol. The van der Waals surface area contributed by atoms with Crippen LogP contribution in [0.1, 0.15) is 19.6 Å². The lowest BCUT2D eigenvalue weighted by Gasteiger charge is -2.14. The number of H-pyrrole nitrogens is 1. The molecule has 0 fully saturated rings. The second-order valence-electron chi connectivity index (χ2n) is 5.76. The first-order valence-corrected chi connectivity index (χ1v) is 7.85. The highest BCUT2D eigenvalue weighted by molar-refractivity contribution is 5.69. The summed E-state index contributed by atoms with van der Waals surface area (Å²) in [6.07, 6.45) is 1.40. The van der Waals surface area contributed by atoms with Crippen LogP contribution in [0, 0.1) is 11.6 Å². The first-order valence-electron chi connectivity index (χ1n) is 7.85. The number of aromatic nitrogens is 2. The minimum atomic E-state index is -0.891. The molecular weight excluding hydrogens is 346 g/mol. The van der Waals surface area contributed by atoms with Gasteiger partial charge in [-0.3, -0.25) is 4.79 Å². The second-order valence-corrected chi connectivity index (χ2v) is 5.76. The van der Waals surface area contributed by atoms with E-state index in [1.807, 2.05) is 13.8 Å². The minimum absolute atomic E-state index is 0.123. The van der Waals surface area contributed by atoms with Gasteiger partial charge in [0.1, 0.15) is 6.61 Å². The van der Waals surface area contributed by atoms with Crippen LogP contribution in [0.15, 0.2) is 45.8 Å². The molecule has 2 aromatic heterocycles. The number of pyridine rings is 1. The second kappa shape index (κ2) is 7.38. The van der Waals surface area contributed by atoms with Crippen molar-refractivity contribution in [2.24, 2.45) is 0 Å². The molecule has 0 spiro atoms.